The molecule has 0 saturated carbocycles. The van der Waals surface area contributed by atoms with Gasteiger partial charge in [0.1, 0.15) is 6.04 Å². The summed E-state index contributed by atoms with van der Waals surface area (Å²) in [6, 6.07) is -0.318. The third-order valence-electron chi connectivity index (χ3n) is 4.19. The fourth-order valence-corrected chi connectivity index (χ4v) is 3.03. The van der Waals surface area contributed by atoms with Gasteiger partial charge in [-0.2, -0.15) is 0 Å². The molecule has 0 aromatic heterocycles. The van der Waals surface area contributed by atoms with Gasteiger partial charge in [-0.3, -0.25) is 9.69 Å². The highest BCUT2D eigenvalue weighted by Crippen LogP contribution is 2.21. The zero-order chi connectivity index (χ0) is 12.3. The van der Waals surface area contributed by atoms with E-state index in [2.05, 4.69) is 9.80 Å². The van der Waals surface area contributed by atoms with Crippen molar-refractivity contribution in [3.05, 3.63) is 0 Å². The number of hydrogen-bond donors (Lipinski definition) is 1. The Morgan fingerprint density at radius 3 is 2.65 bits per heavy atom. The molecule has 0 radical (unpaired) electrons. The highest BCUT2D eigenvalue weighted by Gasteiger charge is 2.30. The van der Waals surface area contributed by atoms with Crippen LogP contribution in [0.3, 0.4) is 0 Å². The van der Waals surface area contributed by atoms with E-state index in [1.807, 2.05) is 0 Å². The molecule has 98 valence electrons. The molecule has 2 aliphatic heterocycles. The summed E-state index contributed by atoms with van der Waals surface area (Å²) in [5.41, 5.74) is 0. The molecule has 0 aromatic carbocycles. The summed E-state index contributed by atoms with van der Waals surface area (Å²) in [7, 11) is 0. The first-order valence-electron chi connectivity index (χ1n) is 6.86. The van der Waals surface area contributed by atoms with Crippen LogP contribution in [0.15, 0.2) is 0 Å². The van der Waals surface area contributed by atoms with Gasteiger partial charge in [-0.1, -0.05) is 6.42 Å². The lowest BCUT2D eigenvalue weighted by atomic mass is 10.1. The number of carbonyl (C=O) groups is 1. The van der Waals surface area contributed by atoms with E-state index < -0.39 is 5.97 Å². The van der Waals surface area contributed by atoms with E-state index in [-0.39, 0.29) is 6.04 Å². The van der Waals surface area contributed by atoms with E-state index in [1.54, 1.807) is 6.92 Å². The van der Waals surface area contributed by atoms with Crippen molar-refractivity contribution in [2.24, 2.45) is 5.92 Å². The molecule has 0 spiro atoms. The van der Waals surface area contributed by atoms with Crippen molar-refractivity contribution in [1.29, 1.82) is 0 Å². The SMILES string of the molecule is C[C@@H](C(=O)O)N1CC[C@@H](CN2CCCCC2)C1. The summed E-state index contributed by atoms with van der Waals surface area (Å²) in [4.78, 5) is 15.6. The average molecular weight is 240 g/mol. The molecule has 4 heteroatoms. The molecule has 0 aromatic rings. The molecule has 0 amide bonds. The Balaban J connectivity index is 1.75. The number of hydrogen-bond acceptors (Lipinski definition) is 3. The van der Waals surface area contributed by atoms with Gasteiger partial charge in [0.25, 0.3) is 0 Å². The van der Waals surface area contributed by atoms with Gasteiger partial charge in [-0.25, -0.2) is 0 Å². The molecular formula is C13H24N2O2. The normalized spacial score (nSPS) is 29.4. The number of carboxylic acids is 1. The van der Waals surface area contributed by atoms with Crippen LogP contribution in [0.25, 0.3) is 0 Å². The van der Waals surface area contributed by atoms with Crippen molar-refractivity contribution < 1.29 is 9.90 Å². The minimum atomic E-state index is -0.691. The van der Waals surface area contributed by atoms with E-state index in [0.717, 1.165) is 19.5 Å². The van der Waals surface area contributed by atoms with Gasteiger partial charge in [0, 0.05) is 13.1 Å². The highest BCUT2D eigenvalue weighted by molar-refractivity contribution is 5.72. The third-order valence-corrected chi connectivity index (χ3v) is 4.19. The number of nitrogens with zero attached hydrogens (tertiary/aromatic N) is 2. The Morgan fingerprint density at radius 2 is 2.00 bits per heavy atom. The van der Waals surface area contributed by atoms with Crippen molar-refractivity contribution >= 4 is 5.97 Å². The molecule has 4 nitrogen and oxygen atoms in total. The lowest BCUT2D eigenvalue weighted by Crippen LogP contribution is -2.39. The fraction of sp³-hybridized carbons (Fsp3) is 0.923. The summed E-state index contributed by atoms with van der Waals surface area (Å²) in [5, 5.41) is 9.00. The maximum absolute atomic E-state index is 10.9. The molecular weight excluding hydrogens is 216 g/mol. The topological polar surface area (TPSA) is 43.8 Å². The van der Waals surface area contributed by atoms with E-state index >= 15 is 0 Å². The van der Waals surface area contributed by atoms with Crippen LogP contribution in [-0.4, -0.2) is 59.6 Å². The van der Waals surface area contributed by atoms with Gasteiger partial charge in [0.2, 0.25) is 0 Å². The van der Waals surface area contributed by atoms with E-state index in [0.29, 0.717) is 5.92 Å². The van der Waals surface area contributed by atoms with E-state index in [4.69, 9.17) is 5.11 Å². The summed E-state index contributed by atoms with van der Waals surface area (Å²) in [6.45, 7) is 7.36. The molecule has 17 heavy (non-hydrogen) atoms. The van der Waals surface area contributed by atoms with Gasteiger partial charge in [-0.15, -0.1) is 0 Å². The maximum atomic E-state index is 10.9. The van der Waals surface area contributed by atoms with Crippen molar-refractivity contribution in [2.75, 3.05) is 32.7 Å². The molecule has 2 aliphatic rings. The predicted octanol–water partition coefficient (Wildman–Crippen LogP) is 1.27. The first-order valence-corrected chi connectivity index (χ1v) is 6.86. The molecule has 0 unspecified atom stereocenters. The van der Waals surface area contributed by atoms with Crippen molar-refractivity contribution in [2.45, 2.75) is 38.6 Å². The summed E-state index contributed by atoms with van der Waals surface area (Å²) in [6.07, 6.45) is 5.21. The third kappa shape index (κ3) is 3.42. The minimum absolute atomic E-state index is 0.318. The van der Waals surface area contributed by atoms with Crippen molar-refractivity contribution in [3.8, 4) is 0 Å². The Hall–Kier alpha value is -0.610. The quantitative estimate of drug-likeness (QED) is 0.803. The van der Waals surface area contributed by atoms with Crippen molar-refractivity contribution in [1.82, 2.24) is 9.80 Å². The Morgan fingerprint density at radius 1 is 1.29 bits per heavy atom. The Labute approximate surface area is 104 Å². The lowest BCUT2D eigenvalue weighted by Gasteiger charge is -2.29. The number of rotatable bonds is 4. The molecule has 0 aliphatic carbocycles. The summed E-state index contributed by atoms with van der Waals surface area (Å²) in [5.74, 6) is -0.0153. The smallest absolute Gasteiger partial charge is 0.320 e. The van der Waals surface area contributed by atoms with Gasteiger partial charge < -0.3 is 10.0 Å². The van der Waals surface area contributed by atoms with E-state index in [9.17, 15) is 4.79 Å². The first kappa shape index (κ1) is 12.8. The second-order valence-corrected chi connectivity index (χ2v) is 5.53. The molecule has 2 atom stereocenters. The molecule has 0 bridgehead atoms. The second-order valence-electron chi connectivity index (χ2n) is 5.53. The van der Waals surface area contributed by atoms with Crippen LogP contribution in [0.1, 0.15) is 32.6 Å². The molecule has 2 saturated heterocycles. The number of likely N-dealkylation sites (tertiary alicyclic amines) is 2. The summed E-state index contributed by atoms with van der Waals surface area (Å²) >= 11 is 0. The van der Waals surface area contributed by atoms with Crippen LogP contribution < -0.4 is 0 Å². The van der Waals surface area contributed by atoms with Crippen LogP contribution in [0.4, 0.5) is 0 Å². The van der Waals surface area contributed by atoms with Crippen LogP contribution in [0.5, 0.6) is 0 Å². The Bertz CT molecular complexity index is 264. The Kier molecular flexibility index (Phi) is 4.40. The van der Waals surface area contributed by atoms with Crippen molar-refractivity contribution in [3.63, 3.8) is 0 Å². The predicted molar refractivity (Wildman–Crippen MR) is 67.1 cm³/mol. The standard InChI is InChI=1S/C13H24N2O2/c1-11(13(16)17)15-8-5-12(10-15)9-14-6-3-2-4-7-14/h11-12H,2-10H2,1H3,(H,16,17)/t11-,12-/m0/s1. The number of carboxylic acid groups (broad SMARTS) is 1. The highest BCUT2D eigenvalue weighted by atomic mass is 16.4. The molecule has 2 rings (SSSR count). The van der Waals surface area contributed by atoms with Crippen LogP contribution in [0, 0.1) is 5.92 Å². The lowest BCUT2D eigenvalue weighted by molar-refractivity contribution is -0.142. The zero-order valence-corrected chi connectivity index (χ0v) is 10.8. The second kappa shape index (κ2) is 5.83. The monoisotopic (exact) mass is 240 g/mol. The maximum Gasteiger partial charge on any atom is 0.320 e. The van der Waals surface area contributed by atoms with Gasteiger partial charge >= 0.3 is 5.97 Å². The minimum Gasteiger partial charge on any atom is -0.480 e. The van der Waals surface area contributed by atoms with Crippen LogP contribution in [0.2, 0.25) is 0 Å². The molecule has 1 N–H and O–H groups in total. The summed E-state index contributed by atoms with van der Waals surface area (Å²) < 4.78 is 0. The zero-order valence-electron chi connectivity index (χ0n) is 10.8. The molecule has 2 heterocycles. The van der Waals surface area contributed by atoms with Gasteiger partial charge in [-0.05, 0) is 51.7 Å². The largest absolute Gasteiger partial charge is 0.480 e. The number of piperidine rings is 1. The average Bonchev–Trinajstić information content (AvgIpc) is 2.77. The molecule has 2 fully saturated rings. The van der Waals surface area contributed by atoms with E-state index in [1.165, 1.54) is 38.9 Å². The van der Waals surface area contributed by atoms with Gasteiger partial charge in [0.15, 0.2) is 0 Å². The first-order chi connectivity index (χ1) is 8.16. The fourth-order valence-electron chi connectivity index (χ4n) is 3.03. The van der Waals surface area contributed by atoms with Crippen LogP contribution in [-0.2, 0) is 4.79 Å². The number of aliphatic carboxylic acids is 1. The van der Waals surface area contributed by atoms with Gasteiger partial charge in [0.05, 0.1) is 0 Å². The van der Waals surface area contributed by atoms with Crippen LogP contribution >= 0.6 is 0 Å².